The molecular weight excluding hydrogens is 192 g/mol. The van der Waals surface area contributed by atoms with Crippen LogP contribution in [-0.4, -0.2) is 0 Å². The maximum atomic E-state index is 3.74. The van der Waals surface area contributed by atoms with E-state index in [1.54, 1.807) is 0 Å². The zero-order valence-electron chi connectivity index (χ0n) is 11.5. The summed E-state index contributed by atoms with van der Waals surface area (Å²) < 4.78 is 0. The third-order valence-electron chi connectivity index (χ3n) is 1.64. The molecule has 0 fully saturated rings. The van der Waals surface area contributed by atoms with Crippen LogP contribution in [0.25, 0.3) is 5.57 Å². The molecule has 0 aromatic heterocycles. The number of hydrogen-bond acceptors (Lipinski definition) is 0. The minimum absolute atomic E-state index is 1.19. The van der Waals surface area contributed by atoms with Gasteiger partial charge >= 0.3 is 0 Å². The highest BCUT2D eigenvalue weighted by atomic mass is 14.0. The Morgan fingerprint density at radius 1 is 1.12 bits per heavy atom. The first kappa shape index (κ1) is 17.1. The molecule has 1 aromatic rings. The fourth-order valence-corrected chi connectivity index (χ4v) is 1.03. The number of hydrogen-bond donors (Lipinski definition) is 0. The van der Waals surface area contributed by atoms with Crippen LogP contribution in [0.5, 0.6) is 0 Å². The van der Waals surface area contributed by atoms with Crippen LogP contribution in [0.2, 0.25) is 0 Å². The van der Waals surface area contributed by atoms with Gasteiger partial charge in [0.25, 0.3) is 0 Å². The predicted octanol–water partition coefficient (Wildman–Crippen LogP) is 5.72. The van der Waals surface area contributed by atoms with Crippen molar-refractivity contribution in [3.8, 4) is 0 Å². The second kappa shape index (κ2) is 13.7. The van der Waals surface area contributed by atoms with Crippen molar-refractivity contribution in [2.45, 2.75) is 41.0 Å². The second-order valence-electron chi connectivity index (χ2n) is 3.02. The van der Waals surface area contributed by atoms with Crippen LogP contribution in [0.15, 0.2) is 49.1 Å². The van der Waals surface area contributed by atoms with E-state index >= 15 is 0 Å². The van der Waals surface area contributed by atoms with Crippen molar-refractivity contribution >= 4 is 5.57 Å². The molecule has 1 aromatic carbocycles. The largest absolute Gasteiger partial charge is 0.0985 e. The van der Waals surface area contributed by atoms with Crippen molar-refractivity contribution in [3.05, 3.63) is 54.6 Å². The molecule has 0 radical (unpaired) electrons. The first-order valence-electron chi connectivity index (χ1n) is 6.14. The van der Waals surface area contributed by atoms with Gasteiger partial charge in [-0.15, -0.1) is 0 Å². The second-order valence-corrected chi connectivity index (χ2v) is 3.02. The molecule has 0 aliphatic heterocycles. The van der Waals surface area contributed by atoms with E-state index in [1.807, 2.05) is 45.0 Å². The van der Waals surface area contributed by atoms with Crippen LogP contribution < -0.4 is 0 Å². The molecule has 0 nitrogen and oxygen atoms in total. The summed E-state index contributed by atoms with van der Waals surface area (Å²) in [5.41, 5.74) is 2.41. The quantitative estimate of drug-likeness (QED) is 0.557. The van der Waals surface area contributed by atoms with Crippen molar-refractivity contribution in [1.29, 1.82) is 0 Å². The van der Waals surface area contributed by atoms with Gasteiger partial charge in [0.05, 0.1) is 0 Å². The lowest BCUT2D eigenvalue weighted by Crippen LogP contribution is -1.76. The Morgan fingerprint density at radius 3 is 1.88 bits per heavy atom. The van der Waals surface area contributed by atoms with E-state index in [2.05, 4.69) is 38.6 Å². The number of allylic oxidation sites excluding steroid dienone is 3. The Balaban J connectivity index is 0. The summed E-state index contributed by atoms with van der Waals surface area (Å²) in [6.07, 6.45) is 5.18. The van der Waals surface area contributed by atoms with Crippen LogP contribution in [0, 0.1) is 0 Å². The molecule has 0 bridgehead atoms. The highest BCUT2D eigenvalue weighted by Gasteiger charge is 1.91. The predicted molar refractivity (Wildman–Crippen MR) is 77.6 cm³/mol. The molecule has 16 heavy (non-hydrogen) atoms. The maximum absolute atomic E-state index is 3.74. The smallest absolute Gasteiger partial charge is 0.0188 e. The zero-order valence-corrected chi connectivity index (χ0v) is 11.5. The maximum Gasteiger partial charge on any atom is -0.0188 e. The van der Waals surface area contributed by atoms with Gasteiger partial charge in [-0.1, -0.05) is 83.2 Å². The van der Waals surface area contributed by atoms with Gasteiger partial charge in [0.15, 0.2) is 0 Å². The van der Waals surface area contributed by atoms with E-state index in [0.717, 1.165) is 0 Å². The van der Waals surface area contributed by atoms with Crippen LogP contribution in [0.1, 0.15) is 46.6 Å². The molecule has 0 aliphatic rings. The lowest BCUT2D eigenvalue weighted by atomic mass is 10.1. The van der Waals surface area contributed by atoms with E-state index in [1.165, 1.54) is 17.6 Å². The summed E-state index contributed by atoms with van der Waals surface area (Å²) >= 11 is 0. The van der Waals surface area contributed by atoms with E-state index in [0.29, 0.717) is 0 Å². The minimum Gasteiger partial charge on any atom is -0.0985 e. The molecule has 0 saturated carbocycles. The molecule has 0 unspecified atom stereocenters. The van der Waals surface area contributed by atoms with Gasteiger partial charge in [-0.05, 0) is 18.1 Å². The fraction of sp³-hybridized carbons (Fsp3) is 0.375. The lowest BCUT2D eigenvalue weighted by molar-refractivity contribution is 1.09. The van der Waals surface area contributed by atoms with E-state index in [4.69, 9.17) is 0 Å². The van der Waals surface area contributed by atoms with Crippen LogP contribution in [0.4, 0.5) is 0 Å². The van der Waals surface area contributed by atoms with E-state index in [9.17, 15) is 0 Å². The van der Waals surface area contributed by atoms with Crippen LogP contribution >= 0.6 is 0 Å². The SMILES string of the molecule is C=C/C(=C\C)c1ccccc1.CC.CCC. The fourth-order valence-electron chi connectivity index (χ4n) is 1.03. The number of rotatable bonds is 2. The van der Waals surface area contributed by atoms with Crippen molar-refractivity contribution < 1.29 is 0 Å². The van der Waals surface area contributed by atoms with E-state index < -0.39 is 0 Å². The molecule has 0 atom stereocenters. The van der Waals surface area contributed by atoms with Gasteiger partial charge in [0.1, 0.15) is 0 Å². The molecule has 0 saturated heterocycles. The molecule has 0 heterocycles. The lowest BCUT2D eigenvalue weighted by Gasteiger charge is -1.98. The first-order chi connectivity index (χ1) is 7.79. The molecule has 1 rings (SSSR count). The highest BCUT2D eigenvalue weighted by Crippen LogP contribution is 2.13. The Morgan fingerprint density at radius 2 is 1.56 bits per heavy atom. The average Bonchev–Trinajstić information content (AvgIpc) is 2.36. The highest BCUT2D eigenvalue weighted by molar-refractivity contribution is 5.72. The monoisotopic (exact) mass is 218 g/mol. The molecule has 0 amide bonds. The molecule has 0 spiro atoms. The van der Waals surface area contributed by atoms with Gasteiger partial charge in [-0.2, -0.15) is 0 Å². The Hall–Kier alpha value is -1.30. The molecule has 0 N–H and O–H groups in total. The topological polar surface area (TPSA) is 0 Å². The minimum atomic E-state index is 1.19. The van der Waals surface area contributed by atoms with E-state index in [-0.39, 0.29) is 0 Å². The van der Waals surface area contributed by atoms with Gasteiger partial charge in [-0.25, -0.2) is 0 Å². The number of benzene rings is 1. The Bertz CT molecular complexity index is 267. The Labute approximate surface area is 102 Å². The molecule has 90 valence electrons. The van der Waals surface area contributed by atoms with Gasteiger partial charge in [-0.3, -0.25) is 0 Å². The summed E-state index contributed by atoms with van der Waals surface area (Å²) in [5, 5.41) is 0. The normalized spacial score (nSPS) is 9.19. The standard InChI is InChI=1S/C11H12.C3H8.C2H6/c1-3-10(4-2)11-8-6-5-7-9-11;1-3-2;1-2/h3-9H,1H2,2H3;3H2,1-2H3;1-2H3/b10-4+;;. The summed E-state index contributed by atoms with van der Waals surface area (Å²) in [4.78, 5) is 0. The van der Waals surface area contributed by atoms with Crippen molar-refractivity contribution in [3.63, 3.8) is 0 Å². The van der Waals surface area contributed by atoms with Crippen molar-refractivity contribution in [2.24, 2.45) is 0 Å². The molecule has 0 aliphatic carbocycles. The van der Waals surface area contributed by atoms with Crippen molar-refractivity contribution in [2.75, 3.05) is 0 Å². The summed E-state index contributed by atoms with van der Waals surface area (Å²) in [5.74, 6) is 0. The third kappa shape index (κ3) is 8.05. The van der Waals surface area contributed by atoms with Crippen LogP contribution in [-0.2, 0) is 0 Å². The van der Waals surface area contributed by atoms with Gasteiger partial charge in [0, 0.05) is 0 Å². The average molecular weight is 218 g/mol. The summed E-state index contributed by atoms with van der Waals surface area (Å²) in [6.45, 7) is 14.0. The Kier molecular flexibility index (Phi) is 14.6. The molecular formula is C16H26. The summed E-state index contributed by atoms with van der Waals surface area (Å²) in [6, 6.07) is 10.2. The zero-order chi connectivity index (χ0) is 12.8. The first-order valence-corrected chi connectivity index (χ1v) is 6.14. The van der Waals surface area contributed by atoms with Gasteiger partial charge < -0.3 is 0 Å². The van der Waals surface area contributed by atoms with Crippen molar-refractivity contribution in [1.82, 2.24) is 0 Å². The van der Waals surface area contributed by atoms with Crippen LogP contribution in [0.3, 0.4) is 0 Å². The molecule has 0 heteroatoms. The third-order valence-corrected chi connectivity index (χ3v) is 1.64. The van der Waals surface area contributed by atoms with Gasteiger partial charge in [0.2, 0.25) is 0 Å². The summed E-state index contributed by atoms with van der Waals surface area (Å²) in [7, 11) is 0.